The number of imide groups is 1. The van der Waals surface area contributed by atoms with Crippen molar-refractivity contribution in [2.45, 2.75) is 37.5 Å². The summed E-state index contributed by atoms with van der Waals surface area (Å²) in [6, 6.07) is 11.5. The van der Waals surface area contributed by atoms with Crippen LogP contribution in [0.2, 0.25) is 0 Å². The number of carbonyl (C=O) groups is 3. The van der Waals surface area contributed by atoms with Gasteiger partial charge < -0.3 is 9.50 Å². The van der Waals surface area contributed by atoms with Crippen molar-refractivity contribution in [3.8, 4) is 5.75 Å². The molecule has 1 saturated carbocycles. The summed E-state index contributed by atoms with van der Waals surface area (Å²) >= 11 is 0. The lowest BCUT2D eigenvalue weighted by Gasteiger charge is -2.19. The van der Waals surface area contributed by atoms with Gasteiger partial charge in [-0.1, -0.05) is 18.9 Å². The molecule has 0 unspecified atom stereocenters. The molecule has 2 aromatic carbocycles. The number of anilines is 2. The Morgan fingerprint density at radius 2 is 1.61 bits per heavy atom. The monoisotopic (exact) mass is 442 g/mol. The molecule has 0 aromatic heterocycles. The van der Waals surface area contributed by atoms with E-state index < -0.39 is 10.1 Å². The van der Waals surface area contributed by atoms with Gasteiger partial charge in [0.05, 0.1) is 17.5 Å². The lowest BCUT2D eigenvalue weighted by atomic mass is 9.81. The highest BCUT2D eigenvalue weighted by Crippen LogP contribution is 2.40. The van der Waals surface area contributed by atoms with E-state index in [2.05, 4.69) is 5.32 Å². The van der Waals surface area contributed by atoms with E-state index in [4.69, 9.17) is 4.18 Å². The molecule has 2 aromatic rings. The van der Waals surface area contributed by atoms with Crippen LogP contribution in [-0.4, -0.2) is 26.1 Å². The summed E-state index contributed by atoms with van der Waals surface area (Å²) < 4.78 is 30.5. The van der Waals surface area contributed by atoms with Crippen LogP contribution < -0.4 is 14.4 Å². The fourth-order valence-corrected chi connectivity index (χ4v) is 5.10. The normalized spacial score (nSPS) is 21.0. The van der Waals surface area contributed by atoms with Crippen LogP contribution in [0, 0.1) is 11.8 Å². The van der Waals surface area contributed by atoms with E-state index >= 15 is 0 Å². The Bertz CT molecular complexity index is 1120. The molecule has 0 spiro atoms. The fourth-order valence-electron chi connectivity index (χ4n) is 4.17. The predicted octanol–water partition coefficient (Wildman–Crippen LogP) is 3.09. The summed E-state index contributed by atoms with van der Waals surface area (Å²) in [5, 5.41) is 2.56. The summed E-state index contributed by atoms with van der Waals surface area (Å²) in [7, 11) is -4.15. The van der Waals surface area contributed by atoms with Gasteiger partial charge in [0, 0.05) is 18.7 Å². The van der Waals surface area contributed by atoms with Crippen molar-refractivity contribution in [3.63, 3.8) is 0 Å². The van der Waals surface area contributed by atoms with Gasteiger partial charge in [0.2, 0.25) is 17.7 Å². The first-order valence-electron chi connectivity index (χ1n) is 10.1. The molecule has 1 aliphatic carbocycles. The highest BCUT2D eigenvalue weighted by molar-refractivity contribution is 7.87. The second kappa shape index (κ2) is 8.14. The largest absolute Gasteiger partial charge is 0.379 e. The lowest BCUT2D eigenvalue weighted by Crippen LogP contribution is -2.30. The molecule has 0 bridgehead atoms. The molecular formula is C22H22N2O6S. The number of nitrogens with zero attached hydrogens (tertiary/aromatic N) is 1. The molecule has 1 aliphatic heterocycles. The van der Waals surface area contributed by atoms with Crippen LogP contribution in [0.1, 0.15) is 32.6 Å². The van der Waals surface area contributed by atoms with Gasteiger partial charge in [-0.15, -0.1) is 0 Å². The maximum atomic E-state index is 12.8. The van der Waals surface area contributed by atoms with Gasteiger partial charge >= 0.3 is 10.1 Å². The van der Waals surface area contributed by atoms with Gasteiger partial charge in [0.1, 0.15) is 10.6 Å². The second-order valence-electron chi connectivity index (χ2n) is 7.75. The minimum atomic E-state index is -4.15. The summed E-state index contributed by atoms with van der Waals surface area (Å²) in [5.74, 6) is -1.33. The molecule has 4 rings (SSSR count). The van der Waals surface area contributed by atoms with Crippen LogP contribution in [0.25, 0.3) is 0 Å². The lowest BCUT2D eigenvalue weighted by molar-refractivity contribution is -0.122. The molecule has 8 nitrogen and oxygen atoms in total. The number of rotatable bonds is 5. The third-order valence-electron chi connectivity index (χ3n) is 5.59. The fraction of sp³-hybridized carbons (Fsp3) is 0.318. The van der Waals surface area contributed by atoms with Gasteiger partial charge in [-0.25, -0.2) is 4.90 Å². The number of hydrogen-bond donors (Lipinski definition) is 1. The smallest absolute Gasteiger partial charge is 0.339 e. The average molecular weight is 442 g/mol. The number of hydrogen-bond acceptors (Lipinski definition) is 6. The molecule has 162 valence electrons. The zero-order chi connectivity index (χ0) is 22.2. The average Bonchev–Trinajstić information content (AvgIpc) is 2.98. The Kier molecular flexibility index (Phi) is 5.53. The Labute approximate surface area is 180 Å². The molecule has 1 saturated heterocycles. The van der Waals surface area contributed by atoms with Crippen molar-refractivity contribution in [3.05, 3.63) is 48.5 Å². The van der Waals surface area contributed by atoms with Crippen LogP contribution >= 0.6 is 0 Å². The van der Waals surface area contributed by atoms with E-state index in [9.17, 15) is 22.8 Å². The molecule has 2 aliphatic rings. The molecule has 31 heavy (non-hydrogen) atoms. The van der Waals surface area contributed by atoms with E-state index in [-0.39, 0.29) is 40.2 Å². The maximum absolute atomic E-state index is 12.8. The molecule has 1 heterocycles. The van der Waals surface area contributed by atoms with E-state index in [0.717, 1.165) is 17.7 Å². The van der Waals surface area contributed by atoms with Crippen LogP contribution in [0.15, 0.2) is 53.4 Å². The Hall–Kier alpha value is -3.20. The second-order valence-corrected chi connectivity index (χ2v) is 9.30. The Morgan fingerprint density at radius 3 is 2.19 bits per heavy atom. The molecule has 3 amide bonds. The predicted molar refractivity (Wildman–Crippen MR) is 113 cm³/mol. The summed E-state index contributed by atoms with van der Waals surface area (Å²) in [6.07, 6.45) is 3.25. The standard InChI is InChI=1S/C22H22N2O6S/c1-14(25)23-15-9-11-18(12-10-15)31(28,29)30-17-6-4-5-16(13-17)24-21(26)19-7-2-3-8-20(19)22(24)27/h4-6,9-13,19-20H,2-3,7-8H2,1H3,(H,23,25)/t19-,20-/m0/s1. The van der Waals surface area contributed by atoms with Crippen molar-refractivity contribution >= 4 is 39.2 Å². The molecular weight excluding hydrogens is 420 g/mol. The van der Waals surface area contributed by atoms with Gasteiger partial charge in [-0.3, -0.25) is 14.4 Å². The third kappa shape index (κ3) is 4.18. The van der Waals surface area contributed by atoms with E-state index in [0.29, 0.717) is 24.2 Å². The maximum Gasteiger partial charge on any atom is 0.339 e. The van der Waals surface area contributed by atoms with Gasteiger partial charge in [-0.2, -0.15) is 8.42 Å². The first-order valence-corrected chi connectivity index (χ1v) is 11.5. The topological polar surface area (TPSA) is 110 Å². The molecule has 1 N–H and O–H groups in total. The molecule has 2 fully saturated rings. The van der Waals surface area contributed by atoms with E-state index in [1.54, 1.807) is 12.1 Å². The van der Waals surface area contributed by atoms with Crippen molar-refractivity contribution in [2.75, 3.05) is 10.2 Å². The number of nitrogens with one attached hydrogen (secondary N) is 1. The van der Waals surface area contributed by atoms with Crippen molar-refractivity contribution < 1.29 is 27.0 Å². The van der Waals surface area contributed by atoms with Crippen molar-refractivity contribution in [1.82, 2.24) is 0 Å². The minimum absolute atomic E-state index is 0.00101. The number of amides is 3. The zero-order valence-corrected chi connectivity index (χ0v) is 17.7. The Morgan fingerprint density at radius 1 is 1.00 bits per heavy atom. The van der Waals surface area contributed by atoms with Crippen LogP contribution in [-0.2, 0) is 24.5 Å². The molecule has 0 radical (unpaired) electrons. The van der Waals surface area contributed by atoms with Gasteiger partial charge in [0.25, 0.3) is 0 Å². The number of benzene rings is 2. The SMILES string of the molecule is CC(=O)Nc1ccc(S(=O)(=O)Oc2cccc(N3C(=O)[C@H]4CCCC[C@@H]4C3=O)c2)cc1. The number of fused-ring (bicyclic) bond motifs is 1. The Balaban J connectivity index is 1.55. The van der Waals surface area contributed by atoms with Crippen molar-refractivity contribution in [1.29, 1.82) is 0 Å². The van der Waals surface area contributed by atoms with Crippen LogP contribution in [0.4, 0.5) is 11.4 Å². The van der Waals surface area contributed by atoms with E-state index in [1.165, 1.54) is 43.3 Å². The molecule has 2 atom stereocenters. The van der Waals surface area contributed by atoms with Gasteiger partial charge in [-0.05, 0) is 49.2 Å². The van der Waals surface area contributed by atoms with Crippen molar-refractivity contribution in [2.24, 2.45) is 11.8 Å². The highest BCUT2D eigenvalue weighted by atomic mass is 32.2. The minimum Gasteiger partial charge on any atom is -0.379 e. The summed E-state index contributed by atoms with van der Waals surface area (Å²) in [6.45, 7) is 1.35. The summed E-state index contributed by atoms with van der Waals surface area (Å²) in [4.78, 5) is 37.7. The summed E-state index contributed by atoms with van der Waals surface area (Å²) in [5.41, 5.74) is 0.763. The first-order chi connectivity index (χ1) is 14.8. The molecule has 9 heteroatoms. The van der Waals surface area contributed by atoms with Gasteiger partial charge in [0.15, 0.2) is 0 Å². The quantitative estimate of drug-likeness (QED) is 0.563. The van der Waals surface area contributed by atoms with Crippen LogP contribution in [0.3, 0.4) is 0 Å². The third-order valence-corrected chi connectivity index (χ3v) is 6.85. The zero-order valence-electron chi connectivity index (χ0n) is 16.9. The first kappa shape index (κ1) is 21.0. The number of carbonyl (C=O) groups excluding carboxylic acids is 3. The van der Waals surface area contributed by atoms with E-state index in [1.807, 2.05) is 0 Å². The highest BCUT2D eigenvalue weighted by Gasteiger charge is 2.48. The van der Waals surface area contributed by atoms with Crippen LogP contribution in [0.5, 0.6) is 5.75 Å².